The molecule has 1 heterocycles. The fourth-order valence-corrected chi connectivity index (χ4v) is 4.79. The maximum atomic E-state index is 12.4. The lowest BCUT2D eigenvalue weighted by Gasteiger charge is -2.33. The standard InChI is InChI=1S/C21H35N5O3S.HI/c1-3-22-21(25-18-9-12-26(13-10-18)19-7-8-19)23-16-17-5-4-6-20(15-17)30(27,28)24-11-14-29-2;/h4-6,15,18-19,24H,3,7-14,16H2,1-2H3,(H2,22,23,25);1H. The van der Waals surface area contributed by atoms with Crippen molar-refractivity contribution in [1.82, 2.24) is 20.3 Å². The molecule has 1 saturated heterocycles. The Bertz CT molecular complexity index is 809. The van der Waals surface area contributed by atoms with E-state index in [0.717, 1.165) is 50.0 Å². The van der Waals surface area contributed by atoms with Gasteiger partial charge in [0.25, 0.3) is 0 Å². The van der Waals surface area contributed by atoms with Gasteiger partial charge in [-0.3, -0.25) is 0 Å². The lowest BCUT2D eigenvalue weighted by Crippen LogP contribution is -2.49. The van der Waals surface area contributed by atoms with Crippen LogP contribution in [0, 0.1) is 0 Å². The van der Waals surface area contributed by atoms with Gasteiger partial charge in [0.2, 0.25) is 10.0 Å². The second-order valence-corrected chi connectivity index (χ2v) is 9.69. The highest BCUT2D eigenvalue weighted by Crippen LogP contribution is 2.29. The lowest BCUT2D eigenvalue weighted by molar-refractivity contribution is 0.197. The molecule has 0 amide bonds. The molecule has 8 nitrogen and oxygen atoms in total. The van der Waals surface area contributed by atoms with Gasteiger partial charge in [-0.1, -0.05) is 12.1 Å². The number of halogens is 1. The Kier molecular flexibility index (Phi) is 11.0. The van der Waals surface area contributed by atoms with Crippen molar-refractivity contribution in [2.45, 2.75) is 56.1 Å². The van der Waals surface area contributed by atoms with Gasteiger partial charge in [-0.2, -0.15) is 0 Å². The molecule has 1 aromatic carbocycles. The molecule has 0 aromatic heterocycles. The minimum absolute atomic E-state index is 0. The Labute approximate surface area is 203 Å². The predicted octanol–water partition coefficient (Wildman–Crippen LogP) is 1.91. The highest BCUT2D eigenvalue weighted by atomic mass is 127. The topological polar surface area (TPSA) is 95.1 Å². The van der Waals surface area contributed by atoms with Gasteiger partial charge < -0.3 is 20.3 Å². The van der Waals surface area contributed by atoms with Crippen molar-refractivity contribution in [3.05, 3.63) is 29.8 Å². The second kappa shape index (κ2) is 12.9. The van der Waals surface area contributed by atoms with Gasteiger partial charge in [0.05, 0.1) is 18.0 Å². The van der Waals surface area contributed by atoms with Crippen LogP contribution in [0.4, 0.5) is 0 Å². The van der Waals surface area contributed by atoms with Crippen LogP contribution in [0.5, 0.6) is 0 Å². The summed E-state index contributed by atoms with van der Waals surface area (Å²) >= 11 is 0. The number of nitrogens with one attached hydrogen (secondary N) is 3. The molecule has 0 radical (unpaired) electrons. The van der Waals surface area contributed by atoms with E-state index in [2.05, 4.69) is 25.2 Å². The minimum Gasteiger partial charge on any atom is -0.383 e. The molecular weight excluding hydrogens is 529 g/mol. The molecule has 3 rings (SSSR count). The number of likely N-dealkylation sites (tertiary alicyclic amines) is 1. The van der Waals surface area contributed by atoms with E-state index in [-0.39, 0.29) is 35.4 Å². The number of aliphatic imine (C=N–C) groups is 1. The molecule has 3 N–H and O–H groups in total. The predicted molar refractivity (Wildman–Crippen MR) is 134 cm³/mol. The molecule has 0 unspecified atom stereocenters. The number of methoxy groups -OCH3 is 1. The summed E-state index contributed by atoms with van der Waals surface area (Å²) in [6.07, 6.45) is 4.97. The average molecular weight is 566 g/mol. The Balaban J connectivity index is 0.00000341. The molecular formula is C21H36IN5O3S. The van der Waals surface area contributed by atoms with Gasteiger partial charge in [-0.05, 0) is 50.3 Å². The number of ether oxygens (including phenoxy) is 1. The quantitative estimate of drug-likeness (QED) is 0.174. The van der Waals surface area contributed by atoms with Gasteiger partial charge in [-0.15, -0.1) is 24.0 Å². The molecule has 0 spiro atoms. The van der Waals surface area contributed by atoms with Gasteiger partial charge >= 0.3 is 0 Å². The average Bonchev–Trinajstić information content (AvgIpc) is 3.58. The van der Waals surface area contributed by atoms with E-state index in [1.165, 1.54) is 12.8 Å². The number of sulfonamides is 1. The summed E-state index contributed by atoms with van der Waals surface area (Å²) in [6, 6.07) is 8.18. The highest BCUT2D eigenvalue weighted by Gasteiger charge is 2.31. The number of rotatable bonds is 10. The molecule has 2 aliphatic rings. The van der Waals surface area contributed by atoms with E-state index in [0.29, 0.717) is 19.2 Å². The number of piperidine rings is 1. The first kappa shape index (κ1) is 26.3. The van der Waals surface area contributed by atoms with Crippen LogP contribution in [0.2, 0.25) is 0 Å². The van der Waals surface area contributed by atoms with Crippen LogP contribution in [0.15, 0.2) is 34.2 Å². The summed E-state index contributed by atoms with van der Waals surface area (Å²) in [6.45, 7) is 6.12. The third-order valence-corrected chi connectivity index (χ3v) is 6.96. The zero-order valence-corrected chi connectivity index (χ0v) is 21.6. The third-order valence-electron chi connectivity index (χ3n) is 5.50. The fourth-order valence-electron chi connectivity index (χ4n) is 3.70. The molecule has 1 saturated carbocycles. The monoisotopic (exact) mass is 565 g/mol. The number of nitrogens with zero attached hydrogens (tertiary/aromatic N) is 2. The molecule has 1 aromatic rings. The van der Waals surface area contributed by atoms with Crippen molar-refractivity contribution in [2.24, 2.45) is 4.99 Å². The lowest BCUT2D eigenvalue weighted by atomic mass is 10.1. The molecule has 1 aliphatic carbocycles. The van der Waals surface area contributed by atoms with E-state index in [1.807, 2.05) is 13.0 Å². The van der Waals surface area contributed by atoms with E-state index < -0.39 is 10.0 Å². The van der Waals surface area contributed by atoms with Crippen LogP contribution in [0.1, 0.15) is 38.2 Å². The van der Waals surface area contributed by atoms with Crippen LogP contribution < -0.4 is 15.4 Å². The molecule has 2 fully saturated rings. The maximum absolute atomic E-state index is 12.4. The summed E-state index contributed by atoms with van der Waals surface area (Å²) in [4.78, 5) is 7.54. The summed E-state index contributed by atoms with van der Waals surface area (Å²) in [5.74, 6) is 0.786. The summed E-state index contributed by atoms with van der Waals surface area (Å²) in [7, 11) is -2.01. The normalized spacial score (nSPS) is 18.5. The fraction of sp³-hybridized carbons (Fsp3) is 0.667. The largest absolute Gasteiger partial charge is 0.383 e. The number of benzene rings is 1. The Morgan fingerprint density at radius 3 is 2.61 bits per heavy atom. The van der Waals surface area contributed by atoms with Gasteiger partial charge in [0.15, 0.2) is 5.96 Å². The van der Waals surface area contributed by atoms with E-state index in [4.69, 9.17) is 4.74 Å². The molecule has 0 bridgehead atoms. The second-order valence-electron chi connectivity index (χ2n) is 7.92. The van der Waals surface area contributed by atoms with Crippen molar-refractivity contribution in [3.8, 4) is 0 Å². The highest BCUT2D eigenvalue weighted by molar-refractivity contribution is 14.0. The van der Waals surface area contributed by atoms with E-state index in [9.17, 15) is 8.42 Å². The van der Waals surface area contributed by atoms with Crippen molar-refractivity contribution >= 4 is 40.0 Å². The van der Waals surface area contributed by atoms with Crippen LogP contribution in [-0.2, 0) is 21.3 Å². The van der Waals surface area contributed by atoms with Crippen LogP contribution in [0.25, 0.3) is 0 Å². The van der Waals surface area contributed by atoms with Crippen LogP contribution in [-0.4, -0.2) is 71.3 Å². The van der Waals surface area contributed by atoms with Crippen molar-refractivity contribution in [3.63, 3.8) is 0 Å². The first-order chi connectivity index (χ1) is 14.5. The summed E-state index contributed by atoms with van der Waals surface area (Å²) in [5, 5.41) is 6.86. The van der Waals surface area contributed by atoms with E-state index in [1.54, 1.807) is 25.3 Å². The molecule has 31 heavy (non-hydrogen) atoms. The third kappa shape index (κ3) is 8.49. The maximum Gasteiger partial charge on any atom is 0.240 e. The molecule has 0 atom stereocenters. The SMILES string of the molecule is CCNC(=NCc1cccc(S(=O)(=O)NCCOC)c1)NC1CCN(C2CC2)CC1.I. The number of hydrogen-bond donors (Lipinski definition) is 3. The Morgan fingerprint density at radius 1 is 1.23 bits per heavy atom. The summed E-state index contributed by atoms with van der Waals surface area (Å²) < 4.78 is 32.3. The van der Waals surface area contributed by atoms with Crippen LogP contribution in [0.3, 0.4) is 0 Å². The molecule has 10 heteroatoms. The van der Waals surface area contributed by atoms with Gasteiger partial charge in [0.1, 0.15) is 0 Å². The first-order valence-electron chi connectivity index (χ1n) is 10.9. The van der Waals surface area contributed by atoms with Crippen molar-refractivity contribution in [2.75, 3.05) is 39.9 Å². The minimum atomic E-state index is -3.55. The smallest absolute Gasteiger partial charge is 0.240 e. The van der Waals surface area contributed by atoms with Crippen molar-refractivity contribution in [1.29, 1.82) is 0 Å². The number of hydrogen-bond acceptors (Lipinski definition) is 5. The van der Waals surface area contributed by atoms with Gasteiger partial charge in [0, 0.05) is 45.4 Å². The molecule has 1 aliphatic heterocycles. The number of guanidine groups is 1. The van der Waals surface area contributed by atoms with Crippen molar-refractivity contribution < 1.29 is 13.2 Å². The zero-order chi connectivity index (χ0) is 21.4. The van der Waals surface area contributed by atoms with Gasteiger partial charge in [-0.25, -0.2) is 18.1 Å². The Morgan fingerprint density at radius 2 is 1.97 bits per heavy atom. The molecule has 176 valence electrons. The van der Waals surface area contributed by atoms with Crippen LogP contribution >= 0.6 is 24.0 Å². The first-order valence-corrected chi connectivity index (χ1v) is 12.4. The Hall–Kier alpha value is -0.950. The van der Waals surface area contributed by atoms with E-state index >= 15 is 0 Å². The zero-order valence-electron chi connectivity index (χ0n) is 18.5. The summed E-state index contributed by atoms with van der Waals surface area (Å²) in [5.41, 5.74) is 0.852.